The van der Waals surface area contributed by atoms with Crippen molar-refractivity contribution >= 4 is 23.6 Å². The van der Waals surface area contributed by atoms with Gasteiger partial charge >= 0.3 is 0 Å². The zero-order chi connectivity index (χ0) is 21.2. The minimum Gasteiger partial charge on any atom is -0.489 e. The third-order valence-electron chi connectivity index (χ3n) is 4.71. The highest BCUT2D eigenvalue weighted by atomic mass is 32.2. The van der Waals surface area contributed by atoms with E-state index < -0.39 is 6.04 Å². The number of hydrogen-bond acceptors (Lipinski definition) is 5. The van der Waals surface area contributed by atoms with Crippen molar-refractivity contribution in [3.8, 4) is 5.75 Å². The molecule has 0 aromatic heterocycles. The second kappa shape index (κ2) is 11.6. The largest absolute Gasteiger partial charge is 0.489 e. The zero-order valence-electron chi connectivity index (χ0n) is 17.1. The molecule has 2 amide bonds. The van der Waals surface area contributed by atoms with Crippen LogP contribution in [-0.4, -0.2) is 42.9 Å². The molecule has 3 rings (SSSR count). The van der Waals surface area contributed by atoms with Crippen molar-refractivity contribution in [2.75, 3.05) is 18.9 Å². The first-order valence-electron chi connectivity index (χ1n) is 10.2. The van der Waals surface area contributed by atoms with Crippen LogP contribution in [0.2, 0.25) is 0 Å². The first kappa shape index (κ1) is 22.2. The van der Waals surface area contributed by atoms with E-state index in [1.165, 1.54) is 18.7 Å². The number of carbonyl (C=O) groups excluding carboxylic acids is 2. The number of carbonyl (C=O) groups is 2. The van der Waals surface area contributed by atoms with Crippen molar-refractivity contribution in [2.24, 2.45) is 0 Å². The van der Waals surface area contributed by atoms with Crippen LogP contribution >= 0.6 is 11.8 Å². The van der Waals surface area contributed by atoms with Gasteiger partial charge in [-0.05, 0) is 42.7 Å². The van der Waals surface area contributed by atoms with Crippen molar-refractivity contribution in [1.82, 2.24) is 10.6 Å². The lowest BCUT2D eigenvalue weighted by molar-refractivity contribution is -0.127. The second-order valence-electron chi connectivity index (χ2n) is 7.19. The molecule has 6 nitrogen and oxygen atoms in total. The lowest BCUT2D eigenvalue weighted by atomic mass is 10.2. The number of hydrogen-bond donors (Lipinski definition) is 2. The van der Waals surface area contributed by atoms with Crippen LogP contribution in [0.5, 0.6) is 5.75 Å². The first-order chi connectivity index (χ1) is 14.6. The van der Waals surface area contributed by atoms with E-state index in [4.69, 9.17) is 9.47 Å². The van der Waals surface area contributed by atoms with Gasteiger partial charge in [0.25, 0.3) is 0 Å². The van der Waals surface area contributed by atoms with E-state index >= 15 is 0 Å². The Morgan fingerprint density at radius 1 is 1.17 bits per heavy atom. The summed E-state index contributed by atoms with van der Waals surface area (Å²) in [7, 11) is 0. The maximum absolute atomic E-state index is 12.5. The summed E-state index contributed by atoms with van der Waals surface area (Å²) in [6, 6.07) is 17.1. The molecule has 0 aliphatic carbocycles. The zero-order valence-corrected chi connectivity index (χ0v) is 18.0. The van der Waals surface area contributed by atoms with Crippen LogP contribution in [0.1, 0.15) is 25.3 Å². The van der Waals surface area contributed by atoms with Crippen LogP contribution in [0.15, 0.2) is 59.5 Å². The molecule has 2 aromatic rings. The van der Waals surface area contributed by atoms with Crippen LogP contribution in [0, 0.1) is 0 Å². The van der Waals surface area contributed by atoms with Crippen molar-refractivity contribution in [3.63, 3.8) is 0 Å². The van der Waals surface area contributed by atoms with Gasteiger partial charge in [-0.15, -0.1) is 11.8 Å². The van der Waals surface area contributed by atoms with Gasteiger partial charge in [-0.1, -0.05) is 30.3 Å². The van der Waals surface area contributed by atoms with Gasteiger partial charge in [-0.3, -0.25) is 9.59 Å². The predicted molar refractivity (Wildman–Crippen MR) is 118 cm³/mol. The van der Waals surface area contributed by atoms with Gasteiger partial charge in [0.1, 0.15) is 18.4 Å². The van der Waals surface area contributed by atoms with Crippen LogP contribution in [0.3, 0.4) is 0 Å². The number of nitrogens with one attached hydrogen (secondary N) is 2. The molecule has 2 atom stereocenters. The average Bonchev–Trinajstić information content (AvgIpc) is 3.28. The maximum Gasteiger partial charge on any atom is 0.243 e. The molecule has 30 heavy (non-hydrogen) atoms. The molecule has 2 N–H and O–H groups in total. The molecule has 7 heteroatoms. The van der Waals surface area contributed by atoms with Gasteiger partial charge in [0.05, 0.1) is 6.10 Å². The molecule has 1 fully saturated rings. The van der Waals surface area contributed by atoms with Crippen molar-refractivity contribution in [1.29, 1.82) is 0 Å². The van der Waals surface area contributed by atoms with Gasteiger partial charge < -0.3 is 20.1 Å². The molecule has 1 saturated heterocycles. The summed E-state index contributed by atoms with van der Waals surface area (Å²) in [6.45, 7) is 3.16. The highest BCUT2D eigenvalue weighted by Gasteiger charge is 2.22. The average molecular weight is 429 g/mol. The van der Waals surface area contributed by atoms with E-state index in [9.17, 15) is 9.59 Å². The lowest BCUT2D eigenvalue weighted by Gasteiger charge is -2.19. The number of ether oxygens (including phenoxy) is 2. The van der Waals surface area contributed by atoms with E-state index in [-0.39, 0.29) is 17.9 Å². The Bertz CT molecular complexity index is 808. The quantitative estimate of drug-likeness (QED) is 0.569. The normalized spacial score (nSPS) is 16.6. The molecule has 2 unspecified atom stereocenters. The summed E-state index contributed by atoms with van der Waals surface area (Å²) >= 11 is 1.52. The summed E-state index contributed by atoms with van der Waals surface area (Å²) in [5, 5.41) is 5.63. The molecule has 0 radical (unpaired) electrons. The van der Waals surface area contributed by atoms with Gasteiger partial charge in [0.2, 0.25) is 11.8 Å². The minimum atomic E-state index is -0.595. The fraction of sp³-hybridized carbons (Fsp3) is 0.391. The summed E-state index contributed by atoms with van der Waals surface area (Å²) in [4.78, 5) is 25.0. The Balaban J connectivity index is 1.47. The van der Waals surface area contributed by atoms with Gasteiger partial charge in [0.15, 0.2) is 0 Å². The Labute approximate surface area is 181 Å². The van der Waals surface area contributed by atoms with E-state index in [0.29, 0.717) is 18.9 Å². The fourth-order valence-corrected chi connectivity index (χ4v) is 4.05. The molecule has 2 aromatic carbocycles. The summed E-state index contributed by atoms with van der Waals surface area (Å²) in [5.41, 5.74) is 1.11. The predicted octanol–water partition coefficient (Wildman–Crippen LogP) is 3.16. The SMILES string of the molecule is CC(=O)NC(CSc1ccc(OCc2ccccc2)cc1)C(=O)NCC1CCCO1. The van der Waals surface area contributed by atoms with E-state index in [2.05, 4.69) is 10.6 Å². The smallest absolute Gasteiger partial charge is 0.243 e. The van der Waals surface area contributed by atoms with Crippen LogP contribution < -0.4 is 15.4 Å². The van der Waals surface area contributed by atoms with Crippen LogP contribution in [0.25, 0.3) is 0 Å². The monoisotopic (exact) mass is 428 g/mol. The van der Waals surface area contributed by atoms with Crippen molar-refractivity contribution in [2.45, 2.75) is 43.4 Å². The standard InChI is InChI=1S/C23H28N2O4S/c1-17(26)25-22(23(27)24-14-20-8-5-13-28-20)16-30-21-11-9-19(10-12-21)29-15-18-6-3-2-4-7-18/h2-4,6-7,9-12,20,22H,5,8,13-16H2,1H3,(H,24,27)(H,25,26). The van der Waals surface area contributed by atoms with Crippen LogP contribution in [-0.2, 0) is 20.9 Å². The third-order valence-corrected chi connectivity index (χ3v) is 5.82. The fourth-order valence-electron chi connectivity index (χ4n) is 3.12. The molecular weight excluding hydrogens is 400 g/mol. The highest BCUT2D eigenvalue weighted by molar-refractivity contribution is 7.99. The molecule has 1 heterocycles. The Hall–Kier alpha value is -2.51. The molecular formula is C23H28N2O4S. The molecule has 160 valence electrons. The number of benzene rings is 2. The van der Waals surface area contributed by atoms with Gasteiger partial charge in [-0.25, -0.2) is 0 Å². The minimum absolute atomic E-state index is 0.0722. The molecule has 0 bridgehead atoms. The molecule has 0 spiro atoms. The Morgan fingerprint density at radius 2 is 1.93 bits per heavy atom. The Morgan fingerprint density at radius 3 is 2.60 bits per heavy atom. The molecule has 1 aliphatic heterocycles. The number of thioether (sulfide) groups is 1. The second-order valence-corrected chi connectivity index (χ2v) is 8.28. The van der Waals surface area contributed by atoms with Gasteiger partial charge in [0, 0.05) is 30.7 Å². The maximum atomic E-state index is 12.5. The van der Waals surface area contributed by atoms with E-state index in [1.807, 2.05) is 54.6 Å². The summed E-state index contributed by atoms with van der Waals surface area (Å²) in [6.07, 6.45) is 2.05. The summed E-state index contributed by atoms with van der Waals surface area (Å²) in [5.74, 6) is 0.825. The lowest BCUT2D eigenvalue weighted by Crippen LogP contribution is -2.49. The van der Waals surface area contributed by atoms with Crippen LogP contribution in [0.4, 0.5) is 0 Å². The number of rotatable bonds is 10. The summed E-state index contributed by atoms with van der Waals surface area (Å²) < 4.78 is 11.3. The molecule has 1 aliphatic rings. The van der Waals surface area contributed by atoms with E-state index in [0.717, 1.165) is 35.7 Å². The van der Waals surface area contributed by atoms with Crippen molar-refractivity contribution in [3.05, 3.63) is 60.2 Å². The van der Waals surface area contributed by atoms with Gasteiger partial charge in [-0.2, -0.15) is 0 Å². The Kier molecular flexibility index (Phi) is 8.59. The topological polar surface area (TPSA) is 76.7 Å². The third kappa shape index (κ3) is 7.39. The van der Waals surface area contributed by atoms with E-state index in [1.54, 1.807) is 0 Å². The highest BCUT2D eigenvalue weighted by Crippen LogP contribution is 2.23. The molecule has 0 saturated carbocycles. The van der Waals surface area contributed by atoms with Crippen molar-refractivity contribution < 1.29 is 19.1 Å². The first-order valence-corrected chi connectivity index (χ1v) is 11.1. The number of amides is 2.